The van der Waals surface area contributed by atoms with Gasteiger partial charge in [0.15, 0.2) is 8.07 Å². The maximum absolute atomic E-state index is 6.54. The molecule has 2 aromatic heterocycles. The zero-order chi connectivity index (χ0) is 37.8. The van der Waals surface area contributed by atoms with Gasteiger partial charge in [0.05, 0.1) is 22.1 Å². The third-order valence-corrected chi connectivity index (χ3v) is 16.5. The van der Waals surface area contributed by atoms with E-state index in [1.165, 1.54) is 59.2 Å². The lowest BCUT2D eigenvalue weighted by molar-refractivity contribution is 0.669. The fourth-order valence-corrected chi connectivity index (χ4v) is 14.0. The van der Waals surface area contributed by atoms with Crippen molar-refractivity contribution in [1.29, 1.82) is 0 Å². The molecule has 0 bridgehead atoms. The summed E-state index contributed by atoms with van der Waals surface area (Å²) in [6, 6.07) is 82.1. The summed E-state index contributed by atoms with van der Waals surface area (Å²) in [6.07, 6.45) is 0. The SMILES string of the molecule is c1ccc([Si](c2ccccc2)(c2ccccc2)c2cccc(-c3cccc(-c4ccc5oc6cccc(-n7c8ccccc8c8ccccc87)c6c5c4)c3)c2)cc1. The molecule has 9 aromatic carbocycles. The first kappa shape index (κ1) is 33.2. The summed E-state index contributed by atoms with van der Waals surface area (Å²) >= 11 is 0. The molecule has 0 saturated heterocycles. The second kappa shape index (κ2) is 13.5. The van der Waals surface area contributed by atoms with Gasteiger partial charge in [-0.2, -0.15) is 0 Å². The Morgan fingerprint density at radius 2 is 0.789 bits per heavy atom. The van der Waals surface area contributed by atoms with E-state index < -0.39 is 8.07 Å². The number of furan rings is 1. The van der Waals surface area contributed by atoms with Crippen LogP contribution in [0, 0.1) is 0 Å². The fourth-order valence-electron chi connectivity index (χ4n) is 9.23. The number of benzene rings is 9. The second-order valence-corrected chi connectivity index (χ2v) is 18.7. The van der Waals surface area contributed by atoms with Crippen LogP contribution in [0.4, 0.5) is 0 Å². The van der Waals surface area contributed by atoms with Crippen LogP contribution in [0.3, 0.4) is 0 Å². The van der Waals surface area contributed by atoms with Crippen molar-refractivity contribution < 1.29 is 4.42 Å². The molecule has 11 rings (SSSR count). The highest BCUT2D eigenvalue weighted by Gasteiger charge is 2.41. The van der Waals surface area contributed by atoms with E-state index in [0.29, 0.717) is 0 Å². The van der Waals surface area contributed by atoms with Gasteiger partial charge in [0, 0.05) is 16.2 Å². The van der Waals surface area contributed by atoms with Crippen LogP contribution in [-0.4, -0.2) is 12.6 Å². The van der Waals surface area contributed by atoms with Crippen molar-refractivity contribution in [3.63, 3.8) is 0 Å². The topological polar surface area (TPSA) is 18.1 Å². The average Bonchev–Trinajstić information content (AvgIpc) is 3.84. The van der Waals surface area contributed by atoms with Crippen LogP contribution >= 0.6 is 0 Å². The first-order valence-corrected chi connectivity index (χ1v) is 21.6. The molecule has 0 N–H and O–H groups in total. The third kappa shape index (κ3) is 5.31. The monoisotopic (exact) mass is 743 g/mol. The molecular weight excluding hydrogens is 707 g/mol. The number of hydrogen-bond acceptors (Lipinski definition) is 1. The van der Waals surface area contributed by atoms with Gasteiger partial charge in [0.25, 0.3) is 0 Å². The van der Waals surface area contributed by atoms with Crippen molar-refractivity contribution in [3.05, 3.63) is 224 Å². The van der Waals surface area contributed by atoms with Crippen LogP contribution in [0.25, 0.3) is 71.7 Å². The summed E-state index contributed by atoms with van der Waals surface area (Å²) in [6.45, 7) is 0. The number of fused-ring (bicyclic) bond motifs is 6. The molecule has 0 aliphatic carbocycles. The van der Waals surface area contributed by atoms with Crippen LogP contribution in [0.2, 0.25) is 0 Å². The Labute approximate surface area is 332 Å². The minimum absolute atomic E-state index is 0.884. The van der Waals surface area contributed by atoms with E-state index in [-0.39, 0.29) is 0 Å². The Morgan fingerprint density at radius 3 is 1.39 bits per heavy atom. The second-order valence-electron chi connectivity index (χ2n) is 14.8. The highest BCUT2D eigenvalue weighted by Crippen LogP contribution is 2.40. The molecule has 0 fully saturated rings. The summed E-state index contributed by atoms with van der Waals surface area (Å²) in [5.74, 6) is 0. The molecule has 2 nitrogen and oxygen atoms in total. The van der Waals surface area contributed by atoms with Crippen molar-refractivity contribution in [2.24, 2.45) is 0 Å². The van der Waals surface area contributed by atoms with E-state index in [1.54, 1.807) is 0 Å². The molecular formula is C54H37NOSi. The molecule has 3 heteroatoms. The summed E-state index contributed by atoms with van der Waals surface area (Å²) < 4.78 is 8.94. The molecule has 0 aliphatic heterocycles. The van der Waals surface area contributed by atoms with Gasteiger partial charge in [-0.3, -0.25) is 0 Å². The largest absolute Gasteiger partial charge is 0.456 e. The van der Waals surface area contributed by atoms with Crippen molar-refractivity contribution in [2.75, 3.05) is 0 Å². The van der Waals surface area contributed by atoms with E-state index in [2.05, 4.69) is 229 Å². The standard InChI is InChI=1S/C54H37NOSi/c1-4-20-42(21-5-1)57(43-22-6-2-7-23-43,44-24-8-3-9-25-44)45-26-15-19-40(36-45)38-17-14-18-39(35-38)41-33-34-52-48(37-41)54-51(31-16-32-53(54)56-52)55-49-29-12-10-27-46(49)47-28-11-13-30-50(47)55/h1-37H. The van der Waals surface area contributed by atoms with E-state index >= 15 is 0 Å². The first-order valence-electron chi connectivity index (χ1n) is 19.6. The summed E-state index contributed by atoms with van der Waals surface area (Å²) in [5, 5.41) is 10.2. The zero-order valence-corrected chi connectivity index (χ0v) is 32.2. The molecule has 0 saturated carbocycles. The Bertz CT molecular complexity index is 3080. The Morgan fingerprint density at radius 1 is 0.316 bits per heavy atom. The molecule has 0 amide bonds. The van der Waals surface area contributed by atoms with Gasteiger partial charge in [-0.05, 0) is 85.5 Å². The highest BCUT2D eigenvalue weighted by atomic mass is 28.3. The van der Waals surface area contributed by atoms with Crippen LogP contribution in [0.1, 0.15) is 0 Å². The summed E-state index contributed by atoms with van der Waals surface area (Å²) in [4.78, 5) is 0. The van der Waals surface area contributed by atoms with Gasteiger partial charge in [-0.25, -0.2) is 0 Å². The summed E-state index contributed by atoms with van der Waals surface area (Å²) in [7, 11) is -2.67. The average molecular weight is 744 g/mol. The minimum atomic E-state index is -2.67. The first-order chi connectivity index (χ1) is 28.3. The minimum Gasteiger partial charge on any atom is -0.456 e. The van der Waals surface area contributed by atoms with E-state index in [4.69, 9.17) is 4.42 Å². The zero-order valence-electron chi connectivity index (χ0n) is 31.2. The third-order valence-electron chi connectivity index (χ3n) is 11.7. The molecule has 0 unspecified atom stereocenters. The lowest BCUT2D eigenvalue weighted by atomic mass is 9.98. The number of para-hydroxylation sites is 2. The van der Waals surface area contributed by atoms with Gasteiger partial charge >= 0.3 is 0 Å². The van der Waals surface area contributed by atoms with Gasteiger partial charge < -0.3 is 8.98 Å². The maximum Gasteiger partial charge on any atom is 0.179 e. The van der Waals surface area contributed by atoms with Crippen molar-refractivity contribution >= 4 is 72.6 Å². The predicted molar refractivity (Wildman–Crippen MR) is 243 cm³/mol. The quantitative estimate of drug-likeness (QED) is 0.117. The summed E-state index contributed by atoms with van der Waals surface area (Å²) in [5.41, 5.74) is 9.98. The lowest BCUT2D eigenvalue weighted by Gasteiger charge is -2.34. The Balaban J connectivity index is 1.06. The van der Waals surface area contributed by atoms with Gasteiger partial charge in [0.2, 0.25) is 0 Å². The fraction of sp³-hybridized carbons (Fsp3) is 0. The molecule has 2 heterocycles. The number of nitrogens with zero attached hydrogens (tertiary/aromatic N) is 1. The maximum atomic E-state index is 6.54. The van der Waals surface area contributed by atoms with Crippen LogP contribution in [0.5, 0.6) is 0 Å². The molecule has 0 atom stereocenters. The normalized spacial score (nSPS) is 11.9. The number of aromatic nitrogens is 1. The van der Waals surface area contributed by atoms with E-state index in [9.17, 15) is 0 Å². The van der Waals surface area contributed by atoms with E-state index in [1.807, 2.05) is 0 Å². The smallest absolute Gasteiger partial charge is 0.179 e. The molecule has 0 aliphatic rings. The van der Waals surface area contributed by atoms with E-state index in [0.717, 1.165) is 33.2 Å². The number of rotatable bonds is 7. The lowest BCUT2D eigenvalue weighted by Crippen LogP contribution is -2.74. The van der Waals surface area contributed by atoms with Crippen LogP contribution in [0.15, 0.2) is 229 Å². The molecule has 57 heavy (non-hydrogen) atoms. The van der Waals surface area contributed by atoms with Crippen molar-refractivity contribution in [2.45, 2.75) is 0 Å². The van der Waals surface area contributed by atoms with Gasteiger partial charge in [-0.15, -0.1) is 0 Å². The molecule has 0 radical (unpaired) electrons. The van der Waals surface area contributed by atoms with Gasteiger partial charge in [-0.1, -0.05) is 182 Å². The molecule has 11 aromatic rings. The highest BCUT2D eigenvalue weighted by molar-refractivity contribution is 7.19. The van der Waals surface area contributed by atoms with Crippen molar-refractivity contribution in [1.82, 2.24) is 4.57 Å². The molecule has 268 valence electrons. The van der Waals surface area contributed by atoms with Crippen molar-refractivity contribution in [3.8, 4) is 27.9 Å². The predicted octanol–water partition coefficient (Wildman–Crippen LogP) is 11.4. The molecule has 0 spiro atoms. The number of hydrogen-bond donors (Lipinski definition) is 0. The Kier molecular flexibility index (Phi) is 7.87. The van der Waals surface area contributed by atoms with Crippen LogP contribution in [-0.2, 0) is 0 Å². The van der Waals surface area contributed by atoms with Crippen LogP contribution < -0.4 is 20.7 Å². The van der Waals surface area contributed by atoms with Gasteiger partial charge in [0.1, 0.15) is 11.2 Å². The Hall–Kier alpha value is -7.20.